The predicted molar refractivity (Wildman–Crippen MR) is 351 cm³/mol. The normalized spacial score (nSPS) is 9.43. The molecule has 0 amide bonds. The van der Waals surface area contributed by atoms with E-state index in [1.54, 1.807) is 85.0 Å². The van der Waals surface area contributed by atoms with Gasteiger partial charge in [-0.05, 0) is 64.3 Å². The van der Waals surface area contributed by atoms with Gasteiger partial charge in [-0.2, -0.15) is 129 Å². The van der Waals surface area contributed by atoms with Gasteiger partial charge in [0.1, 0.15) is 0 Å². The van der Waals surface area contributed by atoms with Crippen molar-refractivity contribution in [1.29, 1.82) is 0 Å². The number of oxazole rings is 1. The van der Waals surface area contributed by atoms with Crippen molar-refractivity contribution in [1.82, 2.24) is 63.6 Å². The molecule has 0 saturated carbocycles. The molecule has 16 aromatic rings. The Labute approximate surface area is 607 Å². The number of nitrogens with zero attached hydrogens (tertiary/aromatic N) is 13. The zero-order chi connectivity index (χ0) is 61.0. The molecular formula is C73H55N13OPt4S2. The van der Waals surface area contributed by atoms with Crippen LogP contribution in [0.4, 0.5) is 0 Å². The van der Waals surface area contributed by atoms with E-state index in [4.69, 9.17) is 4.42 Å². The molecule has 14 nitrogen and oxygen atoms in total. The van der Waals surface area contributed by atoms with Gasteiger partial charge in [0.15, 0.2) is 6.39 Å². The van der Waals surface area contributed by atoms with Crippen LogP contribution in [0.15, 0.2) is 320 Å². The molecule has 0 radical (unpaired) electrons. The quantitative estimate of drug-likeness (QED) is 0.136. The summed E-state index contributed by atoms with van der Waals surface area (Å²) in [6, 6.07) is 94.4. The summed E-state index contributed by atoms with van der Waals surface area (Å²) in [5, 5.41) is 21.3. The molecule has 20 heteroatoms. The molecule has 0 aliphatic carbocycles. The van der Waals surface area contributed by atoms with Crippen molar-refractivity contribution in [3.63, 3.8) is 0 Å². The second-order valence-corrected chi connectivity index (χ2v) is 19.5. The first-order valence-corrected chi connectivity index (χ1v) is 29.3. The first-order chi connectivity index (χ1) is 44.1. The summed E-state index contributed by atoms with van der Waals surface area (Å²) in [4.78, 5) is 16.6. The Morgan fingerprint density at radius 1 is 0.366 bits per heavy atom. The summed E-state index contributed by atoms with van der Waals surface area (Å²) < 4.78 is 13.9. The van der Waals surface area contributed by atoms with Gasteiger partial charge in [-0.1, -0.05) is 0 Å². The molecule has 0 fully saturated rings. The van der Waals surface area contributed by atoms with Crippen LogP contribution >= 0.6 is 22.7 Å². The average Bonchev–Trinajstić information content (AvgIpc) is 2.79. The predicted octanol–water partition coefficient (Wildman–Crippen LogP) is 15.9. The minimum Gasteiger partial charge on any atom is -0.462 e. The van der Waals surface area contributed by atoms with Crippen LogP contribution in [0, 0.1) is 48.5 Å². The van der Waals surface area contributed by atoms with E-state index in [2.05, 4.69) is 88.9 Å². The fourth-order valence-corrected chi connectivity index (χ4v) is 8.71. The molecule has 93 heavy (non-hydrogen) atoms. The summed E-state index contributed by atoms with van der Waals surface area (Å²) in [6.45, 7) is 0. The van der Waals surface area contributed by atoms with Crippen molar-refractivity contribution in [2.45, 2.75) is 0 Å². The van der Waals surface area contributed by atoms with Crippen LogP contribution in [-0.2, 0) is 91.3 Å². The third kappa shape index (κ3) is 25.9. The number of rotatable bonds is 8. The molecule has 0 N–H and O–H groups in total. The van der Waals surface area contributed by atoms with Crippen LogP contribution in [0.1, 0.15) is 0 Å². The second kappa shape index (κ2) is 43.7. The van der Waals surface area contributed by atoms with E-state index in [0.717, 1.165) is 67.1 Å². The van der Waals surface area contributed by atoms with Gasteiger partial charge in [0.25, 0.3) is 0 Å². The van der Waals surface area contributed by atoms with Crippen LogP contribution in [-0.4, -0.2) is 63.6 Å². The van der Waals surface area contributed by atoms with Crippen LogP contribution < -0.4 is 0 Å². The fraction of sp³-hybridized carbons (Fsp3) is 0.0137. The summed E-state index contributed by atoms with van der Waals surface area (Å²) in [5.74, 6) is 0. The van der Waals surface area contributed by atoms with Gasteiger partial charge < -0.3 is 8.98 Å². The number of para-hydroxylation sites is 4. The monoisotopic (exact) mass is 1970 g/mol. The molecule has 8 heterocycles. The molecule has 470 valence electrons. The third-order valence-electron chi connectivity index (χ3n) is 11.7. The SMILES string of the molecule is Cn1cnc(-c2[c-]cccc2)c1.[Pt+2].[Pt+2].[Pt+2].[Pt+2].[c-]1ccccc1-c1cocn1.[c-]1ccccc1-c1cscn1.[c-]1ccccc1-c1nccs1.[c-]1ccccc1-n1cccn1.[c-]1ccccc1-n1cccn1.[c-]1ccccc1-n1cccn1.[c-]1ccccc1-n1cccn1. The summed E-state index contributed by atoms with van der Waals surface area (Å²) in [6.07, 6.45) is 23.2. The molecule has 0 aliphatic rings. The first-order valence-electron chi connectivity index (χ1n) is 27.5. The second-order valence-electron chi connectivity index (χ2n) is 17.9. The van der Waals surface area contributed by atoms with Crippen LogP contribution in [0.5, 0.6) is 0 Å². The van der Waals surface area contributed by atoms with Gasteiger partial charge >= 0.3 is 84.3 Å². The number of hydrogen-bond donors (Lipinski definition) is 0. The Morgan fingerprint density at radius 3 is 1.02 bits per heavy atom. The Kier molecular flexibility index (Phi) is 35.2. The van der Waals surface area contributed by atoms with Crippen LogP contribution in [0.3, 0.4) is 0 Å². The summed E-state index contributed by atoms with van der Waals surface area (Å²) in [5.41, 5.74) is 12.6. The molecule has 0 saturated heterocycles. The zero-order valence-electron chi connectivity index (χ0n) is 49.3. The minimum absolute atomic E-state index is 0. The standard InChI is InChI=1S/C10H9N2.4C9H7N2.C9H6NO.2C9H6NS.4Pt/c1-12-7-10(11-8-12)9-5-3-2-4-6-9;4*1-2-5-9(6-3-1)11-8-4-7-10-11;2*1-2-4-8(5-3-1)9-6-11-7-10-9;1-2-4-8(5-3-1)9-10-6-7-11-9;;;;/h2-5,7-8H,1H3;4*1-5,7-8H;3*1-4,6-7H;;;;/q8*-1;4*+2. The molecule has 0 atom stereocenters. The number of thiazole rings is 2. The van der Waals surface area contributed by atoms with E-state index in [1.165, 1.54) is 6.39 Å². The maximum absolute atomic E-state index is 4.84. The maximum atomic E-state index is 4.84. The number of hydrogen-bond acceptors (Lipinski definition) is 11. The number of aromatic nitrogens is 13. The van der Waals surface area contributed by atoms with Gasteiger partial charge in [0.2, 0.25) is 0 Å². The van der Waals surface area contributed by atoms with E-state index in [1.807, 2.05) is 277 Å². The molecule has 0 unspecified atom stereocenters. The topological polar surface area (TPSA) is 141 Å². The molecule has 0 bridgehead atoms. The van der Waals surface area contributed by atoms with Crippen molar-refractivity contribution in [3.05, 3.63) is 364 Å². The van der Waals surface area contributed by atoms with Gasteiger partial charge in [0, 0.05) is 84.6 Å². The molecule has 8 aromatic carbocycles. The Hall–Kier alpha value is -8.97. The van der Waals surface area contributed by atoms with Crippen LogP contribution in [0.25, 0.3) is 67.1 Å². The molecule has 8 aromatic heterocycles. The molecule has 16 rings (SSSR count). The van der Waals surface area contributed by atoms with Gasteiger partial charge in [0.05, 0.1) is 18.1 Å². The number of aryl methyl sites for hydroxylation is 1. The number of benzene rings is 8. The van der Waals surface area contributed by atoms with E-state index in [9.17, 15) is 0 Å². The maximum Gasteiger partial charge on any atom is 2.00 e. The Balaban J connectivity index is 0.000000192. The van der Waals surface area contributed by atoms with Gasteiger partial charge in [-0.3, -0.25) is 38.7 Å². The molecule has 0 spiro atoms. The van der Waals surface area contributed by atoms with Gasteiger partial charge in [-0.25, -0.2) is 0 Å². The first kappa shape index (κ1) is 74.8. The third-order valence-corrected chi connectivity index (χ3v) is 13.1. The smallest absolute Gasteiger partial charge is 0.462 e. The molecule has 0 aliphatic heterocycles. The van der Waals surface area contributed by atoms with E-state index in [-0.39, 0.29) is 84.3 Å². The van der Waals surface area contributed by atoms with Crippen molar-refractivity contribution in [2.75, 3.05) is 0 Å². The Morgan fingerprint density at radius 2 is 0.742 bits per heavy atom. The van der Waals surface area contributed by atoms with E-state index < -0.39 is 0 Å². The number of imidazole rings is 1. The van der Waals surface area contributed by atoms with E-state index in [0.29, 0.717) is 0 Å². The van der Waals surface area contributed by atoms with E-state index >= 15 is 0 Å². The fourth-order valence-electron chi connectivity index (χ4n) is 7.53. The van der Waals surface area contributed by atoms with Crippen molar-refractivity contribution in [2.24, 2.45) is 7.05 Å². The van der Waals surface area contributed by atoms with Crippen molar-refractivity contribution >= 4 is 22.7 Å². The largest absolute Gasteiger partial charge is 2.00 e. The zero-order valence-corrected chi connectivity index (χ0v) is 60.0. The average molecular weight is 1970 g/mol. The van der Waals surface area contributed by atoms with Crippen molar-refractivity contribution in [3.8, 4) is 67.1 Å². The Bertz CT molecular complexity index is 3580. The molecular weight excluding hydrogens is 1920 g/mol. The van der Waals surface area contributed by atoms with Crippen LogP contribution in [0.2, 0.25) is 0 Å². The van der Waals surface area contributed by atoms with Gasteiger partial charge in [-0.15, -0.1) is 179 Å². The summed E-state index contributed by atoms with van der Waals surface area (Å²) in [7, 11) is 1.96. The summed E-state index contributed by atoms with van der Waals surface area (Å²) >= 11 is 3.24. The van der Waals surface area contributed by atoms with Crippen molar-refractivity contribution < 1.29 is 88.7 Å². The minimum atomic E-state index is 0.